The van der Waals surface area contributed by atoms with Crippen LogP contribution in [0.1, 0.15) is 11.1 Å². The molecule has 1 aromatic heterocycles. The minimum Gasteiger partial charge on any atom is -0.367 e. The van der Waals surface area contributed by atoms with Gasteiger partial charge in [-0.15, -0.1) is 10.2 Å². The molecule has 0 aliphatic carbocycles. The van der Waals surface area contributed by atoms with Crippen LogP contribution >= 0.6 is 11.6 Å². The standard InChI is InChI=1S/C20H21ClN4/c1-24(14-16-9-5-3-6-10-16)18-13-19(21)22-23-20(18)25(2)15-17-11-7-4-8-12-17/h3-13H,14-15H2,1-2H3. The highest BCUT2D eigenvalue weighted by Crippen LogP contribution is 2.29. The summed E-state index contributed by atoms with van der Waals surface area (Å²) in [7, 11) is 4.06. The number of aromatic nitrogens is 2. The van der Waals surface area contributed by atoms with Crippen LogP contribution < -0.4 is 9.80 Å². The van der Waals surface area contributed by atoms with Crippen LogP contribution in [0.2, 0.25) is 5.15 Å². The predicted molar refractivity (Wildman–Crippen MR) is 104 cm³/mol. The third-order valence-electron chi connectivity index (χ3n) is 4.02. The zero-order chi connectivity index (χ0) is 17.6. The van der Waals surface area contributed by atoms with Crippen LogP contribution in [0, 0.1) is 0 Å². The Morgan fingerprint density at radius 1 is 0.760 bits per heavy atom. The highest BCUT2D eigenvalue weighted by Gasteiger charge is 2.15. The first-order valence-electron chi connectivity index (χ1n) is 8.17. The normalized spacial score (nSPS) is 10.5. The molecule has 0 unspecified atom stereocenters. The van der Waals surface area contributed by atoms with Gasteiger partial charge in [-0.25, -0.2) is 0 Å². The van der Waals surface area contributed by atoms with Gasteiger partial charge in [0.25, 0.3) is 0 Å². The maximum Gasteiger partial charge on any atom is 0.175 e. The lowest BCUT2D eigenvalue weighted by Crippen LogP contribution is -2.24. The van der Waals surface area contributed by atoms with E-state index in [-0.39, 0.29) is 0 Å². The van der Waals surface area contributed by atoms with Crippen LogP contribution in [-0.4, -0.2) is 24.3 Å². The lowest BCUT2D eigenvalue weighted by molar-refractivity contribution is 0.840. The fourth-order valence-electron chi connectivity index (χ4n) is 2.78. The number of halogens is 1. The summed E-state index contributed by atoms with van der Waals surface area (Å²) < 4.78 is 0. The molecule has 128 valence electrons. The molecular weight excluding hydrogens is 332 g/mol. The van der Waals surface area contributed by atoms with E-state index in [0.717, 1.165) is 24.6 Å². The maximum absolute atomic E-state index is 6.11. The smallest absolute Gasteiger partial charge is 0.175 e. The zero-order valence-corrected chi connectivity index (χ0v) is 15.2. The summed E-state index contributed by atoms with van der Waals surface area (Å²) >= 11 is 6.11. The lowest BCUT2D eigenvalue weighted by Gasteiger charge is -2.26. The van der Waals surface area contributed by atoms with Gasteiger partial charge in [0.2, 0.25) is 0 Å². The van der Waals surface area contributed by atoms with Crippen molar-refractivity contribution in [3.63, 3.8) is 0 Å². The predicted octanol–water partition coefficient (Wildman–Crippen LogP) is 4.40. The second-order valence-corrected chi connectivity index (χ2v) is 6.45. The van der Waals surface area contributed by atoms with Gasteiger partial charge in [0.1, 0.15) is 0 Å². The van der Waals surface area contributed by atoms with E-state index in [1.54, 1.807) is 0 Å². The number of hydrogen-bond acceptors (Lipinski definition) is 4. The van der Waals surface area contributed by atoms with Gasteiger partial charge in [0.15, 0.2) is 11.0 Å². The monoisotopic (exact) mass is 352 g/mol. The molecule has 0 aliphatic heterocycles. The molecule has 5 heteroatoms. The fourth-order valence-corrected chi connectivity index (χ4v) is 2.92. The Kier molecular flexibility index (Phi) is 5.51. The van der Waals surface area contributed by atoms with E-state index in [0.29, 0.717) is 5.15 Å². The van der Waals surface area contributed by atoms with Crippen LogP contribution in [0.3, 0.4) is 0 Å². The largest absolute Gasteiger partial charge is 0.367 e. The van der Waals surface area contributed by atoms with Crippen molar-refractivity contribution in [3.05, 3.63) is 83.0 Å². The van der Waals surface area contributed by atoms with Crippen molar-refractivity contribution in [2.24, 2.45) is 0 Å². The summed E-state index contributed by atoms with van der Waals surface area (Å²) in [6, 6.07) is 22.5. The summed E-state index contributed by atoms with van der Waals surface area (Å²) in [5.41, 5.74) is 3.41. The van der Waals surface area contributed by atoms with Crippen molar-refractivity contribution in [3.8, 4) is 0 Å². The lowest BCUT2D eigenvalue weighted by atomic mass is 10.2. The molecule has 0 saturated carbocycles. The molecule has 2 aromatic carbocycles. The molecular formula is C20H21ClN4. The first kappa shape index (κ1) is 17.2. The van der Waals surface area contributed by atoms with Crippen LogP contribution in [0.5, 0.6) is 0 Å². The van der Waals surface area contributed by atoms with Crippen LogP contribution in [0.4, 0.5) is 11.5 Å². The second kappa shape index (κ2) is 7.99. The van der Waals surface area contributed by atoms with Crippen molar-refractivity contribution < 1.29 is 0 Å². The summed E-state index contributed by atoms with van der Waals surface area (Å²) in [6.07, 6.45) is 0. The molecule has 3 rings (SSSR count). The van der Waals surface area contributed by atoms with E-state index < -0.39 is 0 Å². The highest BCUT2D eigenvalue weighted by molar-refractivity contribution is 6.29. The quantitative estimate of drug-likeness (QED) is 0.658. The van der Waals surface area contributed by atoms with Crippen molar-refractivity contribution in [2.75, 3.05) is 23.9 Å². The third-order valence-corrected chi connectivity index (χ3v) is 4.21. The van der Waals surface area contributed by atoms with Gasteiger partial charge < -0.3 is 9.80 Å². The molecule has 25 heavy (non-hydrogen) atoms. The summed E-state index contributed by atoms with van der Waals surface area (Å²) in [5, 5.41) is 8.77. The summed E-state index contributed by atoms with van der Waals surface area (Å²) in [6.45, 7) is 1.53. The molecule has 0 bridgehead atoms. The molecule has 0 saturated heterocycles. The molecule has 4 nitrogen and oxygen atoms in total. The van der Waals surface area contributed by atoms with Crippen molar-refractivity contribution >= 4 is 23.1 Å². The van der Waals surface area contributed by atoms with Gasteiger partial charge in [0.05, 0.1) is 5.69 Å². The molecule has 0 N–H and O–H groups in total. The third kappa shape index (κ3) is 4.48. The van der Waals surface area contributed by atoms with Crippen molar-refractivity contribution in [1.82, 2.24) is 10.2 Å². The average Bonchev–Trinajstić information content (AvgIpc) is 2.63. The Hall–Kier alpha value is -2.59. The summed E-state index contributed by atoms with van der Waals surface area (Å²) in [5.74, 6) is 0.812. The van der Waals surface area contributed by atoms with Gasteiger partial charge in [-0.1, -0.05) is 72.3 Å². The van der Waals surface area contributed by atoms with E-state index in [1.807, 2.05) is 56.6 Å². The number of anilines is 2. The molecule has 0 amide bonds. The minimum absolute atomic E-state index is 0.395. The van der Waals surface area contributed by atoms with Gasteiger partial charge >= 0.3 is 0 Å². The van der Waals surface area contributed by atoms with E-state index in [4.69, 9.17) is 11.6 Å². The SMILES string of the molecule is CN(Cc1ccccc1)c1cc(Cl)nnc1N(C)Cc1ccccc1. The second-order valence-electron chi connectivity index (χ2n) is 6.06. The van der Waals surface area contributed by atoms with Crippen LogP contribution in [0.15, 0.2) is 66.7 Å². The van der Waals surface area contributed by atoms with Crippen molar-refractivity contribution in [2.45, 2.75) is 13.1 Å². The topological polar surface area (TPSA) is 32.3 Å². The maximum atomic E-state index is 6.11. The number of hydrogen-bond donors (Lipinski definition) is 0. The van der Waals surface area contributed by atoms with Gasteiger partial charge in [0, 0.05) is 33.3 Å². The molecule has 1 heterocycles. The first-order chi connectivity index (χ1) is 12.1. The molecule has 0 fully saturated rings. The van der Waals surface area contributed by atoms with E-state index >= 15 is 0 Å². The summed E-state index contributed by atoms with van der Waals surface area (Å²) in [4.78, 5) is 4.24. The molecule has 0 atom stereocenters. The zero-order valence-electron chi connectivity index (χ0n) is 14.4. The number of rotatable bonds is 6. The van der Waals surface area contributed by atoms with E-state index in [2.05, 4.69) is 44.3 Å². The Labute approximate surface area is 153 Å². The first-order valence-corrected chi connectivity index (χ1v) is 8.54. The van der Waals surface area contributed by atoms with Gasteiger partial charge in [-0.05, 0) is 11.1 Å². The Morgan fingerprint density at radius 2 is 1.28 bits per heavy atom. The average molecular weight is 353 g/mol. The fraction of sp³-hybridized carbons (Fsp3) is 0.200. The van der Waals surface area contributed by atoms with E-state index in [9.17, 15) is 0 Å². The van der Waals surface area contributed by atoms with Gasteiger partial charge in [-0.2, -0.15) is 0 Å². The number of benzene rings is 2. The van der Waals surface area contributed by atoms with Crippen LogP contribution in [-0.2, 0) is 13.1 Å². The molecule has 0 aliphatic rings. The Bertz CT molecular complexity index is 808. The molecule has 0 radical (unpaired) electrons. The highest BCUT2D eigenvalue weighted by atomic mass is 35.5. The van der Waals surface area contributed by atoms with Crippen molar-refractivity contribution in [1.29, 1.82) is 0 Å². The Morgan fingerprint density at radius 3 is 1.84 bits per heavy atom. The molecule has 3 aromatic rings. The van der Waals surface area contributed by atoms with E-state index in [1.165, 1.54) is 11.1 Å². The molecule has 0 spiro atoms. The Balaban J connectivity index is 1.84. The van der Waals surface area contributed by atoms with Gasteiger partial charge in [-0.3, -0.25) is 0 Å². The number of nitrogens with zero attached hydrogens (tertiary/aromatic N) is 4. The minimum atomic E-state index is 0.395. The van der Waals surface area contributed by atoms with Crippen LogP contribution in [0.25, 0.3) is 0 Å².